The highest BCUT2D eigenvalue weighted by atomic mass is 32.2. The van der Waals surface area contributed by atoms with Gasteiger partial charge in [-0.1, -0.05) is 24.3 Å². The normalized spacial score (nSPS) is 14.5. The Morgan fingerprint density at radius 1 is 0.767 bits per heavy atom. The SMILES string of the molecule is CC(NS(=O)(=O)c1ccccc1C(F)(F)F)OS(=O)(=O)c1ccccc1C(F)(F)F. The molecule has 0 saturated carbocycles. The molecule has 2 aromatic rings. The fourth-order valence-electron chi connectivity index (χ4n) is 2.40. The first-order valence-corrected chi connectivity index (χ1v) is 10.7. The van der Waals surface area contributed by atoms with Gasteiger partial charge in [0.2, 0.25) is 10.0 Å². The topological polar surface area (TPSA) is 89.5 Å². The van der Waals surface area contributed by atoms with Crippen molar-refractivity contribution in [2.24, 2.45) is 0 Å². The third-order valence-corrected chi connectivity index (χ3v) is 6.55. The molecule has 30 heavy (non-hydrogen) atoms. The van der Waals surface area contributed by atoms with Gasteiger partial charge < -0.3 is 0 Å². The predicted molar refractivity (Wildman–Crippen MR) is 90.9 cm³/mol. The van der Waals surface area contributed by atoms with Crippen molar-refractivity contribution >= 4 is 20.1 Å². The molecule has 6 nitrogen and oxygen atoms in total. The lowest BCUT2D eigenvalue weighted by Gasteiger charge is -2.19. The van der Waals surface area contributed by atoms with Gasteiger partial charge in [-0.25, -0.2) is 12.6 Å². The Balaban J connectivity index is 2.34. The number of hydrogen-bond donors (Lipinski definition) is 1. The van der Waals surface area contributed by atoms with Crippen LogP contribution in [0.5, 0.6) is 0 Å². The lowest BCUT2D eigenvalue weighted by molar-refractivity contribution is -0.140. The summed E-state index contributed by atoms with van der Waals surface area (Å²) in [5.41, 5.74) is -3.07. The Labute approximate surface area is 167 Å². The molecule has 0 bridgehead atoms. The zero-order valence-corrected chi connectivity index (χ0v) is 16.5. The van der Waals surface area contributed by atoms with Crippen molar-refractivity contribution in [3.8, 4) is 0 Å². The van der Waals surface area contributed by atoms with Gasteiger partial charge in [0.25, 0.3) is 10.1 Å². The number of nitrogens with one attached hydrogen (secondary N) is 1. The van der Waals surface area contributed by atoms with E-state index in [4.69, 9.17) is 0 Å². The molecule has 2 aromatic carbocycles. The van der Waals surface area contributed by atoms with E-state index in [0.717, 1.165) is 31.2 Å². The Morgan fingerprint density at radius 3 is 1.63 bits per heavy atom. The van der Waals surface area contributed by atoms with Crippen LogP contribution in [0.3, 0.4) is 0 Å². The minimum absolute atomic E-state index is 0.477. The van der Waals surface area contributed by atoms with Crippen LogP contribution >= 0.6 is 0 Å². The van der Waals surface area contributed by atoms with E-state index < -0.39 is 59.6 Å². The van der Waals surface area contributed by atoms with Crippen LogP contribution in [0.4, 0.5) is 26.3 Å². The van der Waals surface area contributed by atoms with Crippen molar-refractivity contribution in [1.82, 2.24) is 4.72 Å². The molecule has 0 radical (unpaired) electrons. The fraction of sp³-hybridized carbons (Fsp3) is 0.250. The molecular formula is C16H13F6NO5S2. The van der Waals surface area contributed by atoms with Gasteiger partial charge in [0.05, 0.1) is 16.0 Å². The molecule has 0 aliphatic carbocycles. The molecule has 0 spiro atoms. The third kappa shape index (κ3) is 5.50. The molecule has 1 N–H and O–H groups in total. The lowest BCUT2D eigenvalue weighted by atomic mass is 10.2. The molecular weight excluding hydrogens is 464 g/mol. The predicted octanol–water partition coefficient (Wildman–Crippen LogP) is 3.75. The van der Waals surface area contributed by atoms with E-state index in [0.29, 0.717) is 24.3 Å². The summed E-state index contributed by atoms with van der Waals surface area (Å²) >= 11 is 0. The Kier molecular flexibility index (Phi) is 6.57. The number of rotatable bonds is 6. The van der Waals surface area contributed by atoms with E-state index >= 15 is 0 Å². The zero-order chi connectivity index (χ0) is 23.0. The summed E-state index contributed by atoms with van der Waals surface area (Å²) in [5.74, 6) is 0. The van der Waals surface area contributed by atoms with E-state index in [2.05, 4.69) is 4.18 Å². The number of halogens is 6. The van der Waals surface area contributed by atoms with Gasteiger partial charge in [0, 0.05) is 0 Å². The van der Waals surface area contributed by atoms with Crippen LogP contribution in [0, 0.1) is 0 Å². The van der Waals surface area contributed by atoms with Crippen molar-refractivity contribution in [2.75, 3.05) is 0 Å². The van der Waals surface area contributed by atoms with Gasteiger partial charge in [-0.05, 0) is 31.2 Å². The van der Waals surface area contributed by atoms with Gasteiger partial charge in [-0.2, -0.15) is 39.5 Å². The monoisotopic (exact) mass is 477 g/mol. The average Bonchev–Trinajstić information content (AvgIpc) is 2.59. The van der Waals surface area contributed by atoms with Crippen LogP contribution in [0.15, 0.2) is 58.3 Å². The quantitative estimate of drug-likeness (QED) is 0.389. The molecule has 0 fully saturated rings. The van der Waals surface area contributed by atoms with Gasteiger partial charge in [-0.3, -0.25) is 0 Å². The maximum Gasteiger partial charge on any atom is 0.417 e. The molecule has 0 aliphatic heterocycles. The molecule has 0 aromatic heterocycles. The molecule has 0 heterocycles. The van der Waals surface area contributed by atoms with E-state index in [1.54, 1.807) is 4.72 Å². The van der Waals surface area contributed by atoms with Crippen LogP contribution < -0.4 is 4.72 Å². The fourth-order valence-corrected chi connectivity index (χ4v) is 5.03. The second-order valence-corrected chi connectivity index (χ2v) is 9.02. The van der Waals surface area contributed by atoms with Crippen molar-refractivity contribution < 1.29 is 47.4 Å². The van der Waals surface area contributed by atoms with Crippen molar-refractivity contribution in [3.63, 3.8) is 0 Å². The summed E-state index contributed by atoms with van der Waals surface area (Å²) < 4.78 is 133. The molecule has 0 saturated heterocycles. The largest absolute Gasteiger partial charge is 0.417 e. The Hall–Kier alpha value is -2.16. The molecule has 1 atom stereocenters. The van der Waals surface area contributed by atoms with Crippen LogP contribution in [0.25, 0.3) is 0 Å². The maximum atomic E-state index is 13.0. The lowest BCUT2D eigenvalue weighted by Crippen LogP contribution is -2.37. The minimum atomic E-state index is -5.14. The van der Waals surface area contributed by atoms with Crippen molar-refractivity contribution in [2.45, 2.75) is 35.3 Å². The second-order valence-electron chi connectivity index (χ2n) is 5.80. The minimum Gasteiger partial charge on any atom is -0.247 e. The first-order chi connectivity index (χ1) is 13.6. The summed E-state index contributed by atoms with van der Waals surface area (Å²) in [6.07, 6.45) is -12.1. The number of alkyl halides is 6. The van der Waals surface area contributed by atoms with Gasteiger partial charge in [-0.15, -0.1) is 0 Å². The van der Waals surface area contributed by atoms with Crippen molar-refractivity contribution in [1.29, 1.82) is 0 Å². The number of sulfonamides is 1. The summed E-state index contributed by atoms with van der Waals surface area (Å²) in [6.45, 7) is 0.793. The zero-order valence-electron chi connectivity index (χ0n) is 14.8. The Morgan fingerprint density at radius 2 is 1.17 bits per heavy atom. The second kappa shape index (κ2) is 8.17. The van der Waals surface area contributed by atoms with E-state index in [9.17, 15) is 43.2 Å². The molecule has 166 valence electrons. The van der Waals surface area contributed by atoms with Crippen LogP contribution in [0.2, 0.25) is 0 Å². The standard InChI is InChI=1S/C16H13F6NO5S2/c1-10(23-29(24,25)13-8-4-2-6-11(13)15(17,18)19)28-30(26,27)14-9-5-3-7-12(14)16(20,21)22/h2-10,23H,1H3. The van der Waals surface area contributed by atoms with E-state index in [1.807, 2.05) is 0 Å². The highest BCUT2D eigenvalue weighted by Gasteiger charge is 2.39. The highest BCUT2D eigenvalue weighted by Crippen LogP contribution is 2.36. The summed E-state index contributed by atoms with van der Waals surface area (Å²) in [7, 11) is -10.1. The van der Waals surface area contributed by atoms with Crippen molar-refractivity contribution in [3.05, 3.63) is 59.7 Å². The molecule has 1 unspecified atom stereocenters. The maximum absolute atomic E-state index is 13.0. The summed E-state index contributed by atoms with van der Waals surface area (Å²) in [6, 6.07) is 6.07. The van der Waals surface area contributed by atoms with Gasteiger partial charge in [0.1, 0.15) is 11.1 Å². The first-order valence-electron chi connectivity index (χ1n) is 7.84. The number of hydrogen-bond acceptors (Lipinski definition) is 5. The smallest absolute Gasteiger partial charge is 0.247 e. The summed E-state index contributed by atoms with van der Waals surface area (Å²) in [5, 5.41) is 0. The van der Waals surface area contributed by atoms with Crippen LogP contribution in [-0.4, -0.2) is 23.1 Å². The Bertz CT molecular complexity index is 1040. The van der Waals surface area contributed by atoms with Crippen LogP contribution in [-0.2, 0) is 36.7 Å². The third-order valence-electron chi connectivity index (χ3n) is 3.54. The molecule has 0 aliphatic rings. The van der Waals surface area contributed by atoms with Gasteiger partial charge in [0.15, 0.2) is 0 Å². The number of benzene rings is 2. The molecule has 0 amide bonds. The summed E-state index contributed by atoms with van der Waals surface area (Å²) in [4.78, 5) is -2.49. The van der Waals surface area contributed by atoms with E-state index in [-0.39, 0.29) is 0 Å². The first kappa shape index (κ1) is 24.1. The molecule has 2 rings (SSSR count). The van der Waals surface area contributed by atoms with E-state index in [1.165, 1.54) is 0 Å². The highest BCUT2D eigenvalue weighted by molar-refractivity contribution is 7.89. The van der Waals surface area contributed by atoms with Gasteiger partial charge >= 0.3 is 12.4 Å². The van der Waals surface area contributed by atoms with Crippen LogP contribution in [0.1, 0.15) is 18.1 Å². The average molecular weight is 477 g/mol. The molecule has 14 heteroatoms.